The molecule has 0 bridgehead atoms. The predicted molar refractivity (Wildman–Crippen MR) is 102 cm³/mol. The molecule has 2 N–H and O–H groups in total. The summed E-state index contributed by atoms with van der Waals surface area (Å²) in [6, 6.07) is 7.25. The number of halogens is 2. The molecule has 1 atom stereocenters. The third kappa shape index (κ3) is 4.66. The van der Waals surface area contributed by atoms with E-state index >= 15 is 0 Å². The van der Waals surface area contributed by atoms with Crippen LogP contribution in [0.3, 0.4) is 0 Å². The van der Waals surface area contributed by atoms with E-state index in [1.165, 1.54) is 0 Å². The molecular formula is C18H25Cl2N3O2. The molecule has 0 saturated carbocycles. The third-order valence-corrected chi connectivity index (χ3v) is 5.46. The van der Waals surface area contributed by atoms with Gasteiger partial charge in [0.05, 0.1) is 16.6 Å². The molecule has 1 unspecified atom stereocenters. The normalized spacial score (nSPS) is 22.4. The van der Waals surface area contributed by atoms with Gasteiger partial charge in [-0.1, -0.05) is 30.7 Å². The fourth-order valence-electron chi connectivity index (χ4n) is 3.44. The number of carbonyl (C=O) groups excluding carboxylic acids is 2. The Morgan fingerprint density at radius 2 is 2.04 bits per heavy atom. The molecule has 0 aliphatic carbocycles. The highest BCUT2D eigenvalue weighted by molar-refractivity contribution is 6.33. The Morgan fingerprint density at radius 1 is 1.36 bits per heavy atom. The molecule has 2 aliphatic heterocycles. The Kier molecular flexibility index (Phi) is 6.72. The average molecular weight is 386 g/mol. The summed E-state index contributed by atoms with van der Waals surface area (Å²) in [5, 5.41) is 6.94. The van der Waals surface area contributed by atoms with Gasteiger partial charge in [-0.2, -0.15) is 0 Å². The van der Waals surface area contributed by atoms with Crippen molar-refractivity contribution < 1.29 is 9.59 Å². The zero-order valence-corrected chi connectivity index (χ0v) is 16.0. The van der Waals surface area contributed by atoms with Crippen LogP contribution in [-0.2, 0) is 9.59 Å². The van der Waals surface area contributed by atoms with E-state index in [2.05, 4.69) is 17.6 Å². The second kappa shape index (κ2) is 8.39. The molecule has 2 saturated heterocycles. The lowest BCUT2D eigenvalue weighted by atomic mass is 9.81. The maximum atomic E-state index is 12.5. The van der Waals surface area contributed by atoms with E-state index in [9.17, 15) is 9.59 Å². The van der Waals surface area contributed by atoms with Crippen molar-refractivity contribution in [3.63, 3.8) is 0 Å². The number of piperidine rings is 1. The van der Waals surface area contributed by atoms with Crippen LogP contribution in [-0.4, -0.2) is 38.0 Å². The van der Waals surface area contributed by atoms with Crippen molar-refractivity contribution in [2.75, 3.05) is 31.1 Å². The second-order valence-corrected chi connectivity index (χ2v) is 7.54. The number of hydrogen-bond acceptors (Lipinski definition) is 3. The molecule has 2 aliphatic rings. The number of nitrogens with zero attached hydrogens (tertiary/aromatic N) is 1. The smallest absolute Gasteiger partial charge is 0.227 e. The maximum Gasteiger partial charge on any atom is 0.227 e. The molecule has 1 aromatic carbocycles. The molecule has 2 heterocycles. The van der Waals surface area contributed by atoms with E-state index in [4.69, 9.17) is 11.6 Å². The summed E-state index contributed by atoms with van der Waals surface area (Å²) < 4.78 is 0. The number of rotatable bonds is 4. The zero-order valence-electron chi connectivity index (χ0n) is 14.4. The summed E-state index contributed by atoms with van der Waals surface area (Å²) in [5.41, 5.74) is 0.830. The van der Waals surface area contributed by atoms with Gasteiger partial charge in [0.25, 0.3) is 0 Å². The van der Waals surface area contributed by atoms with Crippen molar-refractivity contribution in [2.24, 2.45) is 11.3 Å². The van der Waals surface area contributed by atoms with Crippen LogP contribution in [0.25, 0.3) is 0 Å². The van der Waals surface area contributed by atoms with Crippen LogP contribution in [0.4, 0.5) is 5.69 Å². The molecule has 0 aromatic heterocycles. The highest BCUT2D eigenvalue weighted by atomic mass is 35.5. The Morgan fingerprint density at radius 3 is 2.72 bits per heavy atom. The van der Waals surface area contributed by atoms with Gasteiger partial charge in [0.15, 0.2) is 0 Å². The first kappa shape index (κ1) is 20.0. The Labute approximate surface area is 159 Å². The zero-order chi connectivity index (χ0) is 17.2. The van der Waals surface area contributed by atoms with Crippen LogP contribution in [0.15, 0.2) is 24.3 Å². The van der Waals surface area contributed by atoms with Gasteiger partial charge in [-0.15, -0.1) is 12.4 Å². The Balaban J connectivity index is 0.00000225. The van der Waals surface area contributed by atoms with E-state index in [1.807, 2.05) is 18.2 Å². The van der Waals surface area contributed by atoms with E-state index in [0.29, 0.717) is 23.8 Å². The predicted octanol–water partition coefficient (Wildman–Crippen LogP) is 2.62. The van der Waals surface area contributed by atoms with Crippen LogP contribution in [0.5, 0.6) is 0 Å². The minimum absolute atomic E-state index is 0. The Hall–Kier alpha value is -1.30. The first-order valence-electron chi connectivity index (χ1n) is 8.52. The van der Waals surface area contributed by atoms with E-state index in [-0.39, 0.29) is 42.0 Å². The fourth-order valence-corrected chi connectivity index (χ4v) is 3.68. The lowest BCUT2D eigenvalue weighted by Crippen LogP contribution is -2.44. The lowest BCUT2D eigenvalue weighted by molar-refractivity contribution is -0.126. The number of benzene rings is 1. The summed E-state index contributed by atoms with van der Waals surface area (Å²) in [6.45, 7) is 5.27. The summed E-state index contributed by atoms with van der Waals surface area (Å²) >= 11 is 6.18. The molecule has 3 rings (SSSR count). The van der Waals surface area contributed by atoms with Crippen molar-refractivity contribution in [3.05, 3.63) is 29.3 Å². The molecule has 25 heavy (non-hydrogen) atoms. The summed E-state index contributed by atoms with van der Waals surface area (Å²) in [6.07, 6.45) is 2.36. The highest BCUT2D eigenvalue weighted by Crippen LogP contribution is 2.31. The quantitative estimate of drug-likeness (QED) is 0.837. The largest absolute Gasteiger partial charge is 0.355 e. The van der Waals surface area contributed by atoms with E-state index < -0.39 is 0 Å². The van der Waals surface area contributed by atoms with Crippen LogP contribution < -0.4 is 15.5 Å². The van der Waals surface area contributed by atoms with Crippen molar-refractivity contribution in [3.8, 4) is 0 Å². The van der Waals surface area contributed by atoms with Gasteiger partial charge < -0.3 is 15.5 Å². The molecule has 0 spiro atoms. The molecule has 138 valence electrons. The summed E-state index contributed by atoms with van der Waals surface area (Å²) in [4.78, 5) is 26.4. The van der Waals surface area contributed by atoms with Gasteiger partial charge in [0, 0.05) is 19.5 Å². The van der Waals surface area contributed by atoms with Crippen molar-refractivity contribution >= 4 is 41.5 Å². The van der Waals surface area contributed by atoms with Crippen LogP contribution in [0.2, 0.25) is 5.02 Å². The van der Waals surface area contributed by atoms with Gasteiger partial charge in [0.1, 0.15) is 0 Å². The van der Waals surface area contributed by atoms with Gasteiger partial charge in [-0.05, 0) is 43.5 Å². The van der Waals surface area contributed by atoms with Gasteiger partial charge in [-0.25, -0.2) is 0 Å². The molecular weight excluding hydrogens is 361 g/mol. The topological polar surface area (TPSA) is 61.4 Å². The number of hydrogen-bond donors (Lipinski definition) is 2. The number of amides is 2. The van der Waals surface area contributed by atoms with E-state index in [1.54, 1.807) is 11.0 Å². The van der Waals surface area contributed by atoms with Crippen molar-refractivity contribution in [1.82, 2.24) is 10.6 Å². The van der Waals surface area contributed by atoms with E-state index in [0.717, 1.165) is 25.9 Å². The summed E-state index contributed by atoms with van der Waals surface area (Å²) in [7, 11) is 0. The number of anilines is 1. The fraction of sp³-hybridized carbons (Fsp3) is 0.556. The minimum Gasteiger partial charge on any atom is -0.355 e. The third-order valence-electron chi connectivity index (χ3n) is 5.14. The van der Waals surface area contributed by atoms with Crippen molar-refractivity contribution in [1.29, 1.82) is 0 Å². The summed E-state index contributed by atoms with van der Waals surface area (Å²) in [5.74, 6) is -0.381. The highest BCUT2D eigenvalue weighted by Gasteiger charge is 2.36. The standard InChI is InChI=1S/C18H24ClN3O2.ClH/c1-18(6-8-20-9-7-18)12-21-17(24)13-10-16(23)22(11-13)15-5-3-2-4-14(15)19;/h2-5,13,20H,6-12H2,1H3,(H,21,24);1H. The Bertz CT molecular complexity index is 633. The van der Waals surface area contributed by atoms with Crippen LogP contribution in [0, 0.1) is 11.3 Å². The molecule has 7 heteroatoms. The van der Waals surface area contributed by atoms with Crippen molar-refractivity contribution in [2.45, 2.75) is 26.2 Å². The number of nitrogens with one attached hydrogen (secondary N) is 2. The molecule has 5 nitrogen and oxygen atoms in total. The van der Waals surface area contributed by atoms with Gasteiger partial charge in [0.2, 0.25) is 11.8 Å². The minimum atomic E-state index is -0.306. The molecule has 0 radical (unpaired) electrons. The monoisotopic (exact) mass is 385 g/mol. The van der Waals surface area contributed by atoms with Gasteiger partial charge in [-0.3, -0.25) is 9.59 Å². The molecule has 1 aromatic rings. The SMILES string of the molecule is CC1(CNC(=O)C2CC(=O)N(c3ccccc3Cl)C2)CCNCC1.Cl. The number of carbonyl (C=O) groups is 2. The first-order chi connectivity index (χ1) is 11.5. The number of para-hydroxylation sites is 1. The van der Waals surface area contributed by atoms with Crippen LogP contribution in [0.1, 0.15) is 26.2 Å². The maximum absolute atomic E-state index is 12.5. The molecule has 2 amide bonds. The average Bonchev–Trinajstić information content (AvgIpc) is 2.96. The first-order valence-corrected chi connectivity index (χ1v) is 8.90. The second-order valence-electron chi connectivity index (χ2n) is 7.14. The van der Waals surface area contributed by atoms with Crippen LogP contribution >= 0.6 is 24.0 Å². The lowest BCUT2D eigenvalue weighted by Gasteiger charge is -2.34. The molecule has 2 fully saturated rings. The van der Waals surface area contributed by atoms with Gasteiger partial charge >= 0.3 is 0 Å².